The number of benzene rings is 2. The molecule has 2 heterocycles. The number of likely N-dealkylation sites (N-methyl/N-ethyl adjacent to an activating group) is 2. The zero-order valence-corrected chi connectivity index (χ0v) is 25.4. The van der Waals surface area contributed by atoms with Crippen LogP contribution in [0, 0.1) is 11.6 Å². The first kappa shape index (κ1) is 30.8. The molecule has 0 aliphatic carbocycles. The van der Waals surface area contributed by atoms with Crippen LogP contribution < -0.4 is 25.6 Å². The third-order valence-corrected chi connectivity index (χ3v) is 7.09. The molecule has 1 aliphatic heterocycles. The third-order valence-electron chi connectivity index (χ3n) is 7.09. The maximum atomic E-state index is 14.4. The molecule has 42 heavy (non-hydrogen) atoms. The van der Waals surface area contributed by atoms with Crippen molar-refractivity contribution in [1.29, 1.82) is 0 Å². The zero-order chi connectivity index (χ0) is 30.9. The van der Waals surface area contributed by atoms with Gasteiger partial charge in [-0.2, -0.15) is 4.98 Å². The third kappa shape index (κ3) is 6.33. The molecular formula is C30H39F2N7O3. The van der Waals surface area contributed by atoms with Crippen molar-refractivity contribution in [3.8, 4) is 5.75 Å². The maximum Gasteiger partial charge on any atom is 0.343 e. The van der Waals surface area contributed by atoms with E-state index in [-0.39, 0.29) is 17.3 Å². The first-order chi connectivity index (χ1) is 19.7. The van der Waals surface area contributed by atoms with Crippen molar-refractivity contribution in [2.45, 2.75) is 39.2 Å². The predicted octanol–water partition coefficient (Wildman–Crippen LogP) is 5.08. The number of ether oxygens (including phenoxy) is 2. The van der Waals surface area contributed by atoms with E-state index in [0.717, 1.165) is 24.8 Å². The summed E-state index contributed by atoms with van der Waals surface area (Å²) >= 11 is 0. The van der Waals surface area contributed by atoms with Crippen molar-refractivity contribution >= 4 is 40.5 Å². The van der Waals surface area contributed by atoms with E-state index in [9.17, 15) is 13.6 Å². The monoisotopic (exact) mass is 583 g/mol. The molecule has 0 saturated heterocycles. The van der Waals surface area contributed by atoms with Crippen molar-refractivity contribution < 1.29 is 23.0 Å². The lowest BCUT2D eigenvalue weighted by molar-refractivity contribution is 0.0378. The Morgan fingerprint density at radius 2 is 1.83 bits per heavy atom. The second kappa shape index (κ2) is 12.0. The van der Waals surface area contributed by atoms with E-state index in [0.29, 0.717) is 34.9 Å². The van der Waals surface area contributed by atoms with Gasteiger partial charge in [-0.1, -0.05) is 13.8 Å². The summed E-state index contributed by atoms with van der Waals surface area (Å²) < 4.78 is 39.8. The van der Waals surface area contributed by atoms with E-state index in [1.165, 1.54) is 12.3 Å². The molecule has 0 fully saturated rings. The van der Waals surface area contributed by atoms with Gasteiger partial charge in [0.15, 0.2) is 17.5 Å². The number of rotatable bonds is 10. The van der Waals surface area contributed by atoms with Gasteiger partial charge in [-0.05, 0) is 45.6 Å². The highest BCUT2D eigenvalue weighted by Crippen LogP contribution is 2.46. The molecule has 0 bridgehead atoms. The zero-order valence-electron chi connectivity index (χ0n) is 25.4. The molecule has 10 nitrogen and oxygen atoms in total. The minimum Gasteiger partial charge on any atom is -0.494 e. The smallest absolute Gasteiger partial charge is 0.343 e. The molecule has 0 amide bonds. The van der Waals surface area contributed by atoms with Gasteiger partial charge >= 0.3 is 5.97 Å². The van der Waals surface area contributed by atoms with Crippen LogP contribution in [0.3, 0.4) is 0 Å². The summed E-state index contributed by atoms with van der Waals surface area (Å²) in [5, 5.41) is 3.15. The Morgan fingerprint density at radius 3 is 2.48 bits per heavy atom. The Morgan fingerprint density at radius 1 is 1.14 bits per heavy atom. The van der Waals surface area contributed by atoms with Crippen LogP contribution in [0.2, 0.25) is 0 Å². The van der Waals surface area contributed by atoms with Gasteiger partial charge in [-0.3, -0.25) is 0 Å². The van der Waals surface area contributed by atoms with E-state index < -0.39 is 29.1 Å². The standard InChI is InChI=1S/C30H39F2N7O3/c1-17(2)42-28(40)18-15-34-29(35-23-13-22(33)25(14-26(23)41-8)38(7)10-9-37(5)6)36-27(18)39-16-30(3,4)19-11-20(31)21(32)12-24(19)39/h11-15,17H,9-10,16,33H2,1-8H3,(H,34,35,36). The molecule has 0 atom stereocenters. The predicted molar refractivity (Wildman–Crippen MR) is 161 cm³/mol. The van der Waals surface area contributed by atoms with E-state index in [4.69, 9.17) is 15.2 Å². The molecule has 0 radical (unpaired) electrons. The van der Waals surface area contributed by atoms with E-state index in [1.807, 2.05) is 46.0 Å². The Bertz CT molecular complexity index is 1480. The molecule has 12 heteroatoms. The number of nitrogens with zero attached hydrogens (tertiary/aromatic N) is 5. The van der Waals surface area contributed by atoms with Gasteiger partial charge in [0, 0.05) is 56.1 Å². The van der Waals surface area contributed by atoms with Crippen molar-refractivity contribution in [3.63, 3.8) is 0 Å². The van der Waals surface area contributed by atoms with Crippen molar-refractivity contribution in [2.75, 3.05) is 68.7 Å². The number of halogens is 2. The first-order valence-corrected chi connectivity index (χ1v) is 13.7. The van der Waals surface area contributed by atoms with Crippen LogP contribution in [-0.2, 0) is 10.2 Å². The van der Waals surface area contributed by atoms with Crippen molar-refractivity contribution in [2.24, 2.45) is 0 Å². The highest BCUT2D eigenvalue weighted by molar-refractivity contribution is 5.96. The Labute approximate surface area is 245 Å². The number of anilines is 6. The van der Waals surface area contributed by atoms with Crippen LogP contribution in [0.1, 0.15) is 43.6 Å². The number of aromatic nitrogens is 2. The number of nitrogens with two attached hydrogens (primary N) is 1. The van der Waals surface area contributed by atoms with Crippen LogP contribution in [0.25, 0.3) is 0 Å². The molecule has 4 rings (SSSR count). The fourth-order valence-corrected chi connectivity index (χ4v) is 4.89. The second-order valence-electron chi connectivity index (χ2n) is 11.6. The quantitative estimate of drug-likeness (QED) is 0.248. The Hall–Kier alpha value is -4.19. The van der Waals surface area contributed by atoms with Gasteiger partial charge in [0.25, 0.3) is 0 Å². The second-order valence-corrected chi connectivity index (χ2v) is 11.6. The summed E-state index contributed by atoms with van der Waals surface area (Å²) in [5.74, 6) is -1.71. The molecule has 0 spiro atoms. The lowest BCUT2D eigenvalue weighted by Gasteiger charge is -2.25. The molecule has 1 aliphatic rings. The van der Waals surface area contributed by atoms with Crippen LogP contribution in [0.15, 0.2) is 30.5 Å². The summed E-state index contributed by atoms with van der Waals surface area (Å²) in [6.07, 6.45) is 0.970. The summed E-state index contributed by atoms with van der Waals surface area (Å²) in [6, 6.07) is 5.89. The summed E-state index contributed by atoms with van der Waals surface area (Å²) in [4.78, 5) is 28.0. The molecule has 2 aromatic carbocycles. The number of methoxy groups -OCH3 is 1. The van der Waals surface area contributed by atoms with Gasteiger partial charge in [-0.25, -0.2) is 18.6 Å². The number of esters is 1. The number of carbonyl (C=O) groups excluding carboxylic acids is 1. The topological polar surface area (TPSA) is 109 Å². The normalized spacial score (nSPS) is 13.9. The molecular weight excluding hydrogens is 544 g/mol. The SMILES string of the molecule is COc1cc(N(C)CCN(C)C)c(N)cc1Nc1ncc(C(=O)OC(C)C)c(N2CC(C)(C)c3cc(F)c(F)cc32)n1. The number of hydrogen-bond acceptors (Lipinski definition) is 10. The minimum absolute atomic E-state index is 0.0898. The van der Waals surface area contributed by atoms with Crippen LogP contribution in [-0.4, -0.2) is 74.8 Å². The van der Waals surface area contributed by atoms with Crippen molar-refractivity contribution in [1.82, 2.24) is 14.9 Å². The molecule has 1 aromatic heterocycles. The van der Waals surface area contributed by atoms with E-state index >= 15 is 0 Å². The average molecular weight is 584 g/mol. The molecule has 3 N–H and O–H groups in total. The Kier molecular flexibility index (Phi) is 8.76. The number of nitrogen functional groups attached to an aromatic ring is 1. The molecule has 3 aromatic rings. The maximum absolute atomic E-state index is 14.4. The number of hydrogen-bond donors (Lipinski definition) is 2. The average Bonchev–Trinajstić information content (AvgIpc) is 3.16. The molecule has 0 saturated carbocycles. The first-order valence-electron chi connectivity index (χ1n) is 13.7. The summed E-state index contributed by atoms with van der Waals surface area (Å²) in [5.41, 5.74) is 8.80. The minimum atomic E-state index is -0.994. The van der Waals surface area contributed by atoms with Crippen LogP contribution >= 0.6 is 0 Å². The molecule has 226 valence electrons. The summed E-state index contributed by atoms with van der Waals surface area (Å²) in [6.45, 7) is 9.21. The fraction of sp³-hybridized carbons (Fsp3) is 0.433. The molecule has 0 unspecified atom stereocenters. The van der Waals surface area contributed by atoms with Gasteiger partial charge < -0.3 is 35.2 Å². The largest absolute Gasteiger partial charge is 0.494 e. The van der Waals surface area contributed by atoms with Gasteiger partial charge in [0.05, 0.1) is 30.3 Å². The lowest BCUT2D eigenvalue weighted by Crippen LogP contribution is -2.29. The number of carbonyl (C=O) groups is 1. The van der Waals surface area contributed by atoms with E-state index in [2.05, 4.69) is 20.2 Å². The number of nitrogens with one attached hydrogen (secondary N) is 1. The van der Waals surface area contributed by atoms with Gasteiger partial charge in [-0.15, -0.1) is 0 Å². The summed E-state index contributed by atoms with van der Waals surface area (Å²) in [7, 11) is 7.51. The Balaban J connectivity index is 1.77. The highest BCUT2D eigenvalue weighted by Gasteiger charge is 2.39. The van der Waals surface area contributed by atoms with Crippen molar-refractivity contribution in [3.05, 3.63) is 53.2 Å². The highest BCUT2D eigenvalue weighted by atomic mass is 19.2. The van der Waals surface area contributed by atoms with Crippen LogP contribution in [0.4, 0.5) is 43.3 Å². The number of fused-ring (bicyclic) bond motifs is 1. The lowest BCUT2D eigenvalue weighted by atomic mass is 9.87. The van der Waals surface area contributed by atoms with Gasteiger partial charge in [0.1, 0.15) is 11.3 Å². The van der Waals surface area contributed by atoms with Gasteiger partial charge in [0.2, 0.25) is 5.95 Å². The van der Waals surface area contributed by atoms with Crippen LogP contribution in [0.5, 0.6) is 5.75 Å². The fourth-order valence-electron chi connectivity index (χ4n) is 4.89. The van der Waals surface area contributed by atoms with E-state index in [1.54, 1.807) is 31.9 Å².